The van der Waals surface area contributed by atoms with Crippen molar-refractivity contribution in [1.82, 2.24) is 9.78 Å². The number of ether oxygens (including phenoxy) is 1. The zero-order valence-corrected chi connectivity index (χ0v) is 10.8. The number of hydrogen-bond acceptors (Lipinski definition) is 3. The highest BCUT2D eigenvalue weighted by molar-refractivity contribution is 5.49. The summed E-state index contributed by atoms with van der Waals surface area (Å²) in [6.45, 7) is 2.40. The van der Waals surface area contributed by atoms with Crippen LogP contribution >= 0.6 is 0 Å². The third kappa shape index (κ3) is 2.40. The first-order chi connectivity index (χ1) is 8.61. The smallest absolute Gasteiger partial charge is 0.275 e. The van der Waals surface area contributed by atoms with Crippen molar-refractivity contribution in [3.05, 3.63) is 40.7 Å². The van der Waals surface area contributed by atoms with Crippen LogP contribution in [-0.2, 0) is 0 Å². The van der Waals surface area contributed by atoms with Gasteiger partial charge in [-0.1, -0.05) is 0 Å². The molecule has 0 fully saturated rings. The van der Waals surface area contributed by atoms with Crippen molar-refractivity contribution in [2.75, 3.05) is 25.6 Å². The molecule has 0 aliphatic rings. The van der Waals surface area contributed by atoms with Gasteiger partial charge >= 0.3 is 0 Å². The second-order valence-electron chi connectivity index (χ2n) is 4.14. The first-order valence-corrected chi connectivity index (χ1v) is 5.84. The molecule has 2 aromatic rings. The second kappa shape index (κ2) is 5.00. The molecule has 1 heterocycles. The number of nitrogens with one attached hydrogen (secondary N) is 1. The lowest BCUT2D eigenvalue weighted by molar-refractivity contribution is 0.324. The van der Waals surface area contributed by atoms with Crippen LogP contribution in [0.4, 0.5) is 5.69 Å². The number of anilines is 1. The Labute approximate surface area is 106 Å². The van der Waals surface area contributed by atoms with Crippen molar-refractivity contribution in [1.29, 1.82) is 0 Å². The number of aromatic nitrogens is 2. The van der Waals surface area contributed by atoms with Crippen molar-refractivity contribution >= 4 is 5.69 Å². The molecule has 5 heteroatoms. The molecule has 0 atom stereocenters. The summed E-state index contributed by atoms with van der Waals surface area (Å²) in [6.07, 6.45) is 0. The van der Waals surface area contributed by atoms with E-state index in [0.29, 0.717) is 12.5 Å². The molecule has 0 saturated carbocycles. The monoisotopic (exact) mass is 247 g/mol. The van der Waals surface area contributed by atoms with E-state index >= 15 is 0 Å². The highest BCUT2D eigenvalue weighted by atomic mass is 16.5. The van der Waals surface area contributed by atoms with E-state index in [1.54, 1.807) is 0 Å². The van der Waals surface area contributed by atoms with Gasteiger partial charge in [-0.05, 0) is 31.2 Å². The average molecular weight is 247 g/mol. The van der Waals surface area contributed by atoms with Gasteiger partial charge in [0, 0.05) is 19.8 Å². The normalized spacial score (nSPS) is 10.4. The predicted octanol–water partition coefficient (Wildman–Crippen LogP) is 1.63. The Kier molecular flexibility index (Phi) is 3.41. The van der Waals surface area contributed by atoms with Gasteiger partial charge in [-0.3, -0.25) is 9.89 Å². The zero-order valence-electron chi connectivity index (χ0n) is 10.8. The van der Waals surface area contributed by atoms with Gasteiger partial charge < -0.3 is 9.64 Å². The van der Waals surface area contributed by atoms with Crippen LogP contribution in [0, 0.1) is 0 Å². The van der Waals surface area contributed by atoms with Crippen LogP contribution in [0.5, 0.6) is 5.88 Å². The lowest BCUT2D eigenvalue weighted by Gasteiger charge is -2.12. The van der Waals surface area contributed by atoms with E-state index in [0.717, 1.165) is 11.4 Å². The number of H-pyrrole nitrogens is 1. The van der Waals surface area contributed by atoms with Gasteiger partial charge in [0.05, 0.1) is 18.4 Å². The molecule has 0 aliphatic carbocycles. The van der Waals surface area contributed by atoms with E-state index in [1.165, 1.54) is 10.7 Å². The first kappa shape index (κ1) is 12.3. The highest BCUT2D eigenvalue weighted by Crippen LogP contribution is 2.14. The first-order valence-electron chi connectivity index (χ1n) is 5.84. The Morgan fingerprint density at radius 1 is 1.28 bits per heavy atom. The number of hydrogen-bond donors (Lipinski definition) is 1. The topological polar surface area (TPSA) is 50.3 Å². The van der Waals surface area contributed by atoms with Crippen molar-refractivity contribution in [3.63, 3.8) is 0 Å². The minimum absolute atomic E-state index is 0.129. The molecule has 0 radical (unpaired) electrons. The van der Waals surface area contributed by atoms with Gasteiger partial charge in [0.1, 0.15) is 0 Å². The molecule has 0 saturated heterocycles. The molecular formula is C13H17N3O2. The fourth-order valence-corrected chi connectivity index (χ4v) is 1.70. The Hall–Kier alpha value is -2.17. The SMILES string of the molecule is CCOc1cc(=O)n(-c2ccc(N(C)C)cc2)[nH]1. The van der Waals surface area contributed by atoms with Gasteiger partial charge in [0.2, 0.25) is 5.88 Å². The summed E-state index contributed by atoms with van der Waals surface area (Å²) in [5.41, 5.74) is 1.75. The lowest BCUT2D eigenvalue weighted by Crippen LogP contribution is -2.14. The van der Waals surface area contributed by atoms with Crippen LogP contribution in [0.25, 0.3) is 5.69 Å². The molecule has 0 aliphatic heterocycles. The molecule has 1 aromatic carbocycles. The zero-order chi connectivity index (χ0) is 13.1. The fourth-order valence-electron chi connectivity index (χ4n) is 1.70. The Bertz CT molecular complexity index is 567. The van der Waals surface area contributed by atoms with E-state index in [4.69, 9.17) is 4.74 Å². The maximum atomic E-state index is 11.8. The Morgan fingerprint density at radius 2 is 1.94 bits per heavy atom. The number of nitrogens with zero attached hydrogens (tertiary/aromatic N) is 2. The minimum atomic E-state index is -0.129. The molecule has 96 valence electrons. The minimum Gasteiger partial charge on any atom is -0.478 e. The largest absolute Gasteiger partial charge is 0.478 e. The Morgan fingerprint density at radius 3 is 2.50 bits per heavy atom. The van der Waals surface area contributed by atoms with Crippen molar-refractivity contribution in [2.24, 2.45) is 0 Å². The third-order valence-corrected chi connectivity index (χ3v) is 2.62. The number of benzene rings is 1. The molecule has 0 amide bonds. The van der Waals surface area contributed by atoms with Crippen molar-refractivity contribution in [2.45, 2.75) is 6.92 Å². The maximum absolute atomic E-state index is 11.8. The number of aromatic amines is 1. The second-order valence-corrected chi connectivity index (χ2v) is 4.14. The van der Waals surface area contributed by atoms with Crippen molar-refractivity contribution in [3.8, 4) is 11.6 Å². The van der Waals surface area contributed by atoms with Crippen LogP contribution in [0.15, 0.2) is 35.1 Å². The van der Waals surface area contributed by atoms with Crippen LogP contribution in [0.3, 0.4) is 0 Å². The molecule has 5 nitrogen and oxygen atoms in total. The van der Waals surface area contributed by atoms with Gasteiger partial charge in [0.15, 0.2) is 0 Å². The van der Waals surface area contributed by atoms with E-state index < -0.39 is 0 Å². The standard InChI is InChI=1S/C13H17N3O2/c1-4-18-12-9-13(17)16(14-12)11-7-5-10(6-8-11)15(2)3/h5-9,14H,4H2,1-3H3. The van der Waals surface area contributed by atoms with Crippen LogP contribution in [0.1, 0.15) is 6.92 Å². The summed E-state index contributed by atoms with van der Waals surface area (Å²) in [7, 11) is 3.95. The van der Waals surface area contributed by atoms with E-state index in [-0.39, 0.29) is 5.56 Å². The molecule has 0 unspecified atom stereocenters. The summed E-state index contributed by atoms with van der Waals surface area (Å²) in [5, 5.41) is 2.92. The van der Waals surface area contributed by atoms with E-state index in [2.05, 4.69) is 5.10 Å². The average Bonchev–Trinajstić information content (AvgIpc) is 2.71. The quantitative estimate of drug-likeness (QED) is 0.893. The maximum Gasteiger partial charge on any atom is 0.275 e. The third-order valence-electron chi connectivity index (χ3n) is 2.62. The molecular weight excluding hydrogens is 230 g/mol. The summed E-state index contributed by atoms with van der Waals surface area (Å²) in [6, 6.07) is 9.15. The summed E-state index contributed by atoms with van der Waals surface area (Å²) in [5.74, 6) is 0.485. The van der Waals surface area contributed by atoms with Gasteiger partial charge in [-0.25, -0.2) is 4.68 Å². The van der Waals surface area contributed by atoms with Gasteiger partial charge in [-0.2, -0.15) is 0 Å². The summed E-state index contributed by atoms with van der Waals surface area (Å²) in [4.78, 5) is 13.8. The summed E-state index contributed by atoms with van der Waals surface area (Å²) >= 11 is 0. The van der Waals surface area contributed by atoms with Crippen LogP contribution < -0.4 is 15.2 Å². The molecule has 18 heavy (non-hydrogen) atoms. The van der Waals surface area contributed by atoms with Crippen LogP contribution in [-0.4, -0.2) is 30.5 Å². The molecule has 1 N–H and O–H groups in total. The van der Waals surface area contributed by atoms with Crippen LogP contribution in [0.2, 0.25) is 0 Å². The summed E-state index contributed by atoms with van der Waals surface area (Å²) < 4.78 is 6.73. The Balaban J connectivity index is 2.33. The molecule has 2 rings (SSSR count). The van der Waals surface area contributed by atoms with Gasteiger partial charge in [-0.15, -0.1) is 0 Å². The van der Waals surface area contributed by atoms with E-state index in [9.17, 15) is 4.79 Å². The van der Waals surface area contributed by atoms with Crippen molar-refractivity contribution < 1.29 is 4.74 Å². The molecule has 0 spiro atoms. The predicted molar refractivity (Wildman–Crippen MR) is 71.9 cm³/mol. The fraction of sp³-hybridized carbons (Fsp3) is 0.308. The molecule has 1 aromatic heterocycles. The number of rotatable bonds is 4. The molecule has 0 bridgehead atoms. The lowest BCUT2D eigenvalue weighted by atomic mass is 10.2. The van der Waals surface area contributed by atoms with E-state index in [1.807, 2.05) is 50.2 Å². The highest BCUT2D eigenvalue weighted by Gasteiger charge is 2.05. The van der Waals surface area contributed by atoms with Gasteiger partial charge in [0.25, 0.3) is 5.56 Å².